The Morgan fingerprint density at radius 1 is 0.789 bits per heavy atom. The van der Waals surface area contributed by atoms with E-state index < -0.39 is 0 Å². The molecule has 0 aliphatic rings. The Kier molecular flexibility index (Phi) is 3.13. The second-order valence-electron chi connectivity index (χ2n) is 4.46. The molecule has 3 heteroatoms. The van der Waals surface area contributed by atoms with Crippen molar-refractivity contribution >= 4 is 43.8 Å². The number of nitrogens with one attached hydrogen (secondary N) is 1. The quantitative estimate of drug-likeness (QED) is 0.658. The first-order valence-electron chi connectivity index (χ1n) is 6.03. The number of benzene rings is 3. The minimum Gasteiger partial charge on any atom is -0.399 e. The number of hydrogen-bond donors (Lipinski definition) is 2. The Labute approximate surface area is 120 Å². The number of anilines is 3. The monoisotopic (exact) mass is 312 g/mol. The average Bonchev–Trinajstić information content (AvgIpc) is 2.39. The van der Waals surface area contributed by atoms with Gasteiger partial charge in [0.1, 0.15) is 0 Å². The van der Waals surface area contributed by atoms with Crippen LogP contribution in [0, 0.1) is 0 Å². The molecular weight excluding hydrogens is 300 g/mol. The molecule has 0 aromatic heterocycles. The summed E-state index contributed by atoms with van der Waals surface area (Å²) in [4.78, 5) is 0. The predicted octanol–water partition coefficient (Wildman–Crippen LogP) is 4.93. The van der Waals surface area contributed by atoms with Crippen LogP contribution < -0.4 is 11.1 Å². The highest BCUT2D eigenvalue weighted by Gasteiger charge is 1.99. The molecule has 0 saturated heterocycles. The summed E-state index contributed by atoms with van der Waals surface area (Å²) in [6, 6.07) is 20.3. The van der Waals surface area contributed by atoms with Gasteiger partial charge in [0.05, 0.1) is 0 Å². The van der Waals surface area contributed by atoms with Crippen molar-refractivity contribution in [2.24, 2.45) is 0 Å². The minimum atomic E-state index is 0.759. The van der Waals surface area contributed by atoms with Crippen LogP contribution in [0.4, 0.5) is 17.1 Å². The summed E-state index contributed by atoms with van der Waals surface area (Å²) < 4.78 is 1.09. The molecule has 0 fully saturated rings. The van der Waals surface area contributed by atoms with Crippen molar-refractivity contribution in [3.63, 3.8) is 0 Å². The van der Waals surface area contributed by atoms with E-state index in [1.807, 2.05) is 30.3 Å². The molecule has 2 nitrogen and oxygen atoms in total. The van der Waals surface area contributed by atoms with Crippen molar-refractivity contribution in [3.05, 3.63) is 65.1 Å². The molecular formula is C16H13BrN2. The van der Waals surface area contributed by atoms with E-state index in [1.165, 1.54) is 10.8 Å². The van der Waals surface area contributed by atoms with Crippen LogP contribution in [-0.2, 0) is 0 Å². The Morgan fingerprint density at radius 3 is 2.37 bits per heavy atom. The highest BCUT2D eigenvalue weighted by atomic mass is 79.9. The van der Waals surface area contributed by atoms with Gasteiger partial charge in [0.25, 0.3) is 0 Å². The molecule has 0 atom stereocenters. The lowest BCUT2D eigenvalue weighted by Gasteiger charge is -2.08. The molecule has 0 heterocycles. The Hall–Kier alpha value is -2.00. The van der Waals surface area contributed by atoms with Gasteiger partial charge in [-0.3, -0.25) is 0 Å². The second-order valence-corrected chi connectivity index (χ2v) is 5.37. The van der Waals surface area contributed by atoms with E-state index in [9.17, 15) is 0 Å². The van der Waals surface area contributed by atoms with Crippen LogP contribution >= 0.6 is 15.9 Å². The third-order valence-corrected chi connectivity index (χ3v) is 3.47. The van der Waals surface area contributed by atoms with Gasteiger partial charge in [-0.15, -0.1) is 0 Å². The third kappa shape index (κ3) is 2.71. The van der Waals surface area contributed by atoms with Crippen molar-refractivity contribution in [2.75, 3.05) is 11.1 Å². The molecule has 0 radical (unpaired) electrons. The number of fused-ring (bicyclic) bond motifs is 1. The van der Waals surface area contributed by atoms with Gasteiger partial charge in [-0.05, 0) is 53.2 Å². The molecule has 0 amide bonds. The van der Waals surface area contributed by atoms with Gasteiger partial charge in [0.2, 0.25) is 0 Å². The van der Waals surface area contributed by atoms with E-state index in [-0.39, 0.29) is 0 Å². The van der Waals surface area contributed by atoms with Crippen molar-refractivity contribution in [1.82, 2.24) is 0 Å². The SMILES string of the molecule is Nc1cccc(Nc2ccc3cc(Br)ccc3c2)c1. The maximum atomic E-state index is 5.77. The van der Waals surface area contributed by atoms with Crippen LogP contribution in [0.3, 0.4) is 0 Å². The van der Waals surface area contributed by atoms with Crippen LogP contribution in [0.15, 0.2) is 65.1 Å². The zero-order valence-corrected chi connectivity index (χ0v) is 11.8. The first-order chi connectivity index (χ1) is 9.20. The van der Waals surface area contributed by atoms with Gasteiger partial charge >= 0.3 is 0 Å². The third-order valence-electron chi connectivity index (χ3n) is 2.98. The fraction of sp³-hybridized carbons (Fsp3) is 0. The zero-order chi connectivity index (χ0) is 13.2. The molecule has 94 valence electrons. The van der Waals surface area contributed by atoms with Gasteiger partial charge in [-0.1, -0.05) is 34.1 Å². The van der Waals surface area contributed by atoms with E-state index in [0.29, 0.717) is 0 Å². The number of nitrogens with two attached hydrogens (primary N) is 1. The summed E-state index contributed by atoms with van der Waals surface area (Å²) in [5, 5.41) is 5.78. The normalized spacial score (nSPS) is 10.6. The Bertz CT molecular complexity index is 738. The van der Waals surface area contributed by atoms with Crippen molar-refractivity contribution in [2.45, 2.75) is 0 Å². The lowest BCUT2D eigenvalue weighted by atomic mass is 10.1. The van der Waals surface area contributed by atoms with E-state index in [0.717, 1.165) is 21.5 Å². The highest BCUT2D eigenvalue weighted by molar-refractivity contribution is 9.10. The number of nitrogen functional groups attached to an aromatic ring is 1. The molecule has 0 spiro atoms. The molecule has 3 N–H and O–H groups in total. The Balaban J connectivity index is 1.95. The van der Waals surface area contributed by atoms with E-state index in [2.05, 4.69) is 51.6 Å². The first kappa shape index (κ1) is 12.1. The molecule has 19 heavy (non-hydrogen) atoms. The second kappa shape index (κ2) is 4.94. The van der Waals surface area contributed by atoms with Crippen molar-refractivity contribution in [3.8, 4) is 0 Å². The topological polar surface area (TPSA) is 38.0 Å². The largest absolute Gasteiger partial charge is 0.399 e. The van der Waals surface area contributed by atoms with Crippen molar-refractivity contribution in [1.29, 1.82) is 0 Å². The van der Waals surface area contributed by atoms with Gasteiger partial charge in [-0.25, -0.2) is 0 Å². The van der Waals surface area contributed by atoms with E-state index >= 15 is 0 Å². The van der Waals surface area contributed by atoms with Crippen LogP contribution in [0.25, 0.3) is 10.8 Å². The smallest absolute Gasteiger partial charge is 0.0404 e. The van der Waals surface area contributed by atoms with Crippen LogP contribution in [0.1, 0.15) is 0 Å². The van der Waals surface area contributed by atoms with E-state index in [1.54, 1.807) is 0 Å². The lowest BCUT2D eigenvalue weighted by molar-refractivity contribution is 1.56. The molecule has 0 aliphatic heterocycles. The summed E-state index contributed by atoms with van der Waals surface area (Å²) in [5.41, 5.74) is 8.59. The number of hydrogen-bond acceptors (Lipinski definition) is 2. The molecule has 3 aromatic rings. The molecule has 0 saturated carbocycles. The summed E-state index contributed by atoms with van der Waals surface area (Å²) >= 11 is 3.48. The van der Waals surface area contributed by atoms with Crippen molar-refractivity contribution < 1.29 is 0 Å². The number of rotatable bonds is 2. The van der Waals surface area contributed by atoms with E-state index in [4.69, 9.17) is 5.73 Å². The first-order valence-corrected chi connectivity index (χ1v) is 6.82. The standard InChI is InChI=1S/C16H13BrN2/c17-13-6-4-12-9-16(7-5-11(12)8-13)19-15-3-1-2-14(18)10-15/h1-10,19H,18H2. The van der Waals surface area contributed by atoms with Gasteiger partial charge in [-0.2, -0.15) is 0 Å². The lowest BCUT2D eigenvalue weighted by Crippen LogP contribution is -1.92. The zero-order valence-electron chi connectivity index (χ0n) is 10.2. The predicted molar refractivity (Wildman–Crippen MR) is 85.8 cm³/mol. The summed E-state index contributed by atoms with van der Waals surface area (Å²) in [5.74, 6) is 0. The maximum absolute atomic E-state index is 5.77. The fourth-order valence-electron chi connectivity index (χ4n) is 2.08. The summed E-state index contributed by atoms with van der Waals surface area (Å²) in [7, 11) is 0. The molecule has 0 aliphatic carbocycles. The summed E-state index contributed by atoms with van der Waals surface area (Å²) in [6.07, 6.45) is 0. The molecule has 3 aromatic carbocycles. The Morgan fingerprint density at radius 2 is 1.53 bits per heavy atom. The van der Waals surface area contributed by atoms with Gasteiger partial charge < -0.3 is 11.1 Å². The summed E-state index contributed by atoms with van der Waals surface area (Å²) in [6.45, 7) is 0. The highest BCUT2D eigenvalue weighted by Crippen LogP contribution is 2.25. The van der Waals surface area contributed by atoms with Crippen LogP contribution in [0.5, 0.6) is 0 Å². The fourth-order valence-corrected chi connectivity index (χ4v) is 2.46. The average molecular weight is 313 g/mol. The molecule has 3 rings (SSSR count). The molecule has 0 unspecified atom stereocenters. The maximum Gasteiger partial charge on any atom is 0.0404 e. The van der Waals surface area contributed by atoms with Gasteiger partial charge in [0.15, 0.2) is 0 Å². The van der Waals surface area contributed by atoms with Crippen LogP contribution in [-0.4, -0.2) is 0 Å². The minimum absolute atomic E-state index is 0.759. The number of halogens is 1. The molecule has 0 bridgehead atoms. The van der Waals surface area contributed by atoms with Gasteiger partial charge in [0, 0.05) is 21.5 Å². The van der Waals surface area contributed by atoms with Crippen LogP contribution in [0.2, 0.25) is 0 Å².